The highest BCUT2D eigenvalue weighted by Crippen LogP contribution is 2.78. The Bertz CT molecular complexity index is 1310. The van der Waals surface area contributed by atoms with E-state index in [1.807, 2.05) is 0 Å². The van der Waals surface area contributed by atoms with Gasteiger partial charge in [-0.15, -0.1) is 5.10 Å². The van der Waals surface area contributed by atoms with Gasteiger partial charge in [0.15, 0.2) is 5.82 Å². The van der Waals surface area contributed by atoms with Crippen LogP contribution in [0.4, 0.5) is 33.7 Å². The Hall–Kier alpha value is -2.96. The molecule has 1 unspecified atom stereocenters. The molecule has 3 heterocycles. The second-order valence-corrected chi connectivity index (χ2v) is 10.9. The summed E-state index contributed by atoms with van der Waals surface area (Å²) in [5, 5.41) is 12.6. The minimum atomic E-state index is -4.24. The predicted molar refractivity (Wildman–Crippen MR) is 119 cm³/mol. The van der Waals surface area contributed by atoms with Gasteiger partial charge in [-0.2, -0.15) is 13.2 Å². The molecular formula is C23H21ClF5N5O3. The van der Waals surface area contributed by atoms with Crippen molar-refractivity contribution in [3.05, 3.63) is 34.2 Å². The van der Waals surface area contributed by atoms with Crippen LogP contribution in [0.15, 0.2) is 10.5 Å². The van der Waals surface area contributed by atoms with Gasteiger partial charge in [-0.1, -0.05) is 16.7 Å². The Morgan fingerprint density at radius 2 is 1.92 bits per heavy atom. The Kier molecular flexibility index (Phi) is 5.12. The van der Waals surface area contributed by atoms with Crippen LogP contribution in [-0.2, 0) is 15.0 Å². The Balaban J connectivity index is 1.12. The quantitative estimate of drug-likeness (QED) is 0.330. The summed E-state index contributed by atoms with van der Waals surface area (Å²) in [6, 6.07) is 0.562. The van der Waals surface area contributed by atoms with Crippen LogP contribution in [0, 0.1) is 17.0 Å². The molecule has 2 bridgehead atoms. The molecule has 0 spiro atoms. The van der Waals surface area contributed by atoms with Crippen molar-refractivity contribution in [2.24, 2.45) is 5.41 Å². The number of hydrogen-bond donors (Lipinski definition) is 2. The van der Waals surface area contributed by atoms with Gasteiger partial charge in [-0.25, -0.2) is 8.78 Å². The van der Waals surface area contributed by atoms with Crippen molar-refractivity contribution < 1.29 is 36.0 Å². The number of nitrogens with zero attached hydrogens (tertiary/aromatic N) is 3. The van der Waals surface area contributed by atoms with E-state index in [0.29, 0.717) is 0 Å². The summed E-state index contributed by atoms with van der Waals surface area (Å²) in [6.07, 6.45) is -4.45. The highest BCUT2D eigenvalue weighted by molar-refractivity contribution is 6.33. The number of hydrogen-bond acceptors (Lipinski definition) is 7. The number of rotatable bonds is 5. The number of benzene rings is 1. The fourth-order valence-corrected chi connectivity index (χ4v) is 6.42. The molecule has 3 atom stereocenters. The van der Waals surface area contributed by atoms with Gasteiger partial charge >= 0.3 is 12.2 Å². The molecule has 2 N–H and O–H groups in total. The number of nitrogens with one attached hydrogen (secondary N) is 2. The van der Waals surface area contributed by atoms with Crippen LogP contribution in [0.25, 0.3) is 0 Å². The van der Waals surface area contributed by atoms with Gasteiger partial charge in [-0.05, 0) is 38.7 Å². The molecule has 37 heavy (non-hydrogen) atoms. The first kappa shape index (κ1) is 24.4. The second-order valence-electron chi connectivity index (χ2n) is 10.6. The lowest BCUT2D eigenvalue weighted by molar-refractivity contribution is -0.340. The summed E-state index contributed by atoms with van der Waals surface area (Å²) in [5.74, 6) is -4.24. The van der Waals surface area contributed by atoms with E-state index in [0.717, 1.165) is 6.07 Å². The molecule has 2 amide bonds. The molecule has 5 fully saturated rings. The molecule has 1 aromatic carbocycles. The number of carbonyl (C=O) groups excluding carboxylic acids is 2. The van der Waals surface area contributed by atoms with Crippen molar-refractivity contribution in [2.75, 3.05) is 16.8 Å². The number of aromatic nitrogens is 2. The van der Waals surface area contributed by atoms with Gasteiger partial charge in [0.25, 0.3) is 0 Å². The number of imide groups is 1. The van der Waals surface area contributed by atoms with Crippen LogP contribution in [0.3, 0.4) is 0 Å². The molecule has 0 radical (unpaired) electrons. The lowest BCUT2D eigenvalue weighted by Gasteiger charge is -2.68. The largest absolute Gasteiger partial charge is 0.408 e. The van der Waals surface area contributed by atoms with Crippen LogP contribution in [0.5, 0.6) is 0 Å². The SMILES string of the molecule is C[C@@H]1[C@@H](Nc2nnc(C34CC(C(F)(F)F)(C3)C4)o2)CN1c1cc(F)c(C2CCC(=O)NC2=O)c(F)c1Cl. The number of amides is 2. The average molecular weight is 546 g/mol. The van der Waals surface area contributed by atoms with Crippen molar-refractivity contribution in [3.8, 4) is 0 Å². The third-order valence-corrected chi connectivity index (χ3v) is 8.72. The van der Waals surface area contributed by atoms with E-state index in [1.165, 1.54) is 0 Å². The van der Waals surface area contributed by atoms with Gasteiger partial charge in [0.2, 0.25) is 17.7 Å². The first-order valence-electron chi connectivity index (χ1n) is 11.8. The standard InChI is InChI=1S/C23H21ClF5N5O3/c1-9-12(30-20-33-32-19(37-20)21-6-22(7-21,8-21)23(27,28)29)5-34(9)13-4-11(25)15(17(26)16(13)24)10-2-3-14(35)31-18(10)36/h4,9-10,12H,2-3,5-8H2,1H3,(H,30,33)(H,31,35,36)/t9-,10?,12+,21?,22?/m1/s1. The summed E-state index contributed by atoms with van der Waals surface area (Å²) in [5.41, 5.74) is -2.71. The highest BCUT2D eigenvalue weighted by Gasteiger charge is 2.80. The number of alkyl halides is 3. The van der Waals surface area contributed by atoms with Crippen LogP contribution in [0.1, 0.15) is 56.4 Å². The number of piperidine rings is 1. The van der Waals surface area contributed by atoms with Crippen molar-refractivity contribution in [3.63, 3.8) is 0 Å². The van der Waals surface area contributed by atoms with Crippen molar-refractivity contribution in [1.82, 2.24) is 15.5 Å². The minimum absolute atomic E-state index is 0.0229. The molecule has 5 aliphatic rings. The lowest BCUT2D eigenvalue weighted by Crippen LogP contribution is -2.70. The molecule has 2 aliphatic heterocycles. The van der Waals surface area contributed by atoms with Crippen molar-refractivity contribution in [2.45, 2.75) is 68.6 Å². The molecule has 14 heteroatoms. The average Bonchev–Trinajstić information content (AvgIpc) is 3.20. The molecule has 1 aromatic heterocycles. The first-order chi connectivity index (χ1) is 17.3. The fraction of sp³-hybridized carbons (Fsp3) is 0.565. The van der Waals surface area contributed by atoms with E-state index in [1.54, 1.807) is 11.8 Å². The van der Waals surface area contributed by atoms with E-state index in [9.17, 15) is 27.2 Å². The first-order valence-corrected chi connectivity index (χ1v) is 12.2. The molecule has 2 saturated heterocycles. The molecular weight excluding hydrogens is 525 g/mol. The maximum atomic E-state index is 15.1. The zero-order chi connectivity index (χ0) is 26.5. The molecule has 2 aromatic rings. The summed E-state index contributed by atoms with van der Waals surface area (Å²) in [7, 11) is 0. The van der Waals surface area contributed by atoms with Gasteiger partial charge in [0.1, 0.15) is 10.8 Å². The number of anilines is 2. The molecule has 7 rings (SSSR count). The van der Waals surface area contributed by atoms with E-state index in [-0.39, 0.29) is 73.3 Å². The van der Waals surface area contributed by atoms with E-state index in [4.69, 9.17) is 16.0 Å². The summed E-state index contributed by atoms with van der Waals surface area (Å²) < 4.78 is 75.1. The van der Waals surface area contributed by atoms with Gasteiger partial charge in [-0.3, -0.25) is 14.9 Å². The highest BCUT2D eigenvalue weighted by atomic mass is 35.5. The van der Waals surface area contributed by atoms with Crippen LogP contribution in [-0.4, -0.2) is 46.8 Å². The van der Waals surface area contributed by atoms with E-state index >= 15 is 4.39 Å². The van der Waals surface area contributed by atoms with Gasteiger partial charge < -0.3 is 14.6 Å². The Morgan fingerprint density at radius 1 is 1.22 bits per heavy atom. The molecule has 8 nitrogen and oxygen atoms in total. The topological polar surface area (TPSA) is 100 Å². The van der Waals surface area contributed by atoms with Crippen LogP contribution in [0.2, 0.25) is 5.02 Å². The third-order valence-electron chi connectivity index (χ3n) is 8.36. The summed E-state index contributed by atoms with van der Waals surface area (Å²) in [6.45, 7) is 2.06. The normalized spacial score (nSPS) is 32.8. The summed E-state index contributed by atoms with van der Waals surface area (Å²) >= 11 is 6.25. The van der Waals surface area contributed by atoms with Crippen LogP contribution >= 0.6 is 11.6 Å². The van der Waals surface area contributed by atoms with Crippen LogP contribution < -0.4 is 15.5 Å². The Labute approximate surface area is 211 Å². The minimum Gasteiger partial charge on any atom is -0.408 e. The predicted octanol–water partition coefficient (Wildman–Crippen LogP) is 4.19. The smallest absolute Gasteiger partial charge is 0.394 e. The zero-order valence-electron chi connectivity index (χ0n) is 19.4. The zero-order valence-corrected chi connectivity index (χ0v) is 20.1. The Morgan fingerprint density at radius 3 is 2.54 bits per heavy atom. The lowest BCUT2D eigenvalue weighted by atomic mass is 9.34. The maximum Gasteiger partial charge on any atom is 0.394 e. The van der Waals surface area contributed by atoms with Crippen molar-refractivity contribution in [1.29, 1.82) is 0 Å². The monoisotopic (exact) mass is 545 g/mol. The number of carbonyl (C=O) groups is 2. The molecule has 198 valence electrons. The summed E-state index contributed by atoms with van der Waals surface area (Å²) in [4.78, 5) is 25.2. The number of halogens is 6. The van der Waals surface area contributed by atoms with Gasteiger partial charge in [0.05, 0.1) is 28.5 Å². The molecule has 3 saturated carbocycles. The second kappa shape index (κ2) is 7.78. The van der Waals surface area contributed by atoms with Crippen molar-refractivity contribution >= 4 is 35.1 Å². The molecule has 3 aliphatic carbocycles. The van der Waals surface area contributed by atoms with Gasteiger partial charge in [0, 0.05) is 24.6 Å². The maximum absolute atomic E-state index is 15.1. The van der Waals surface area contributed by atoms with E-state index < -0.39 is 51.9 Å². The third kappa shape index (κ3) is 3.45. The van der Waals surface area contributed by atoms with E-state index in [2.05, 4.69) is 20.8 Å². The fourth-order valence-electron chi connectivity index (χ4n) is 6.16.